The normalized spacial score (nSPS) is 17.6. The Balaban J connectivity index is 1.38. The van der Waals surface area contributed by atoms with E-state index in [9.17, 15) is 13.2 Å². The van der Waals surface area contributed by atoms with Crippen LogP contribution >= 0.6 is 0 Å². The molecule has 29 heavy (non-hydrogen) atoms. The Bertz CT molecular complexity index is 953. The molecule has 2 heterocycles. The highest BCUT2D eigenvalue weighted by atomic mass is 19.4. The van der Waals surface area contributed by atoms with Crippen molar-refractivity contribution in [3.05, 3.63) is 65.5 Å². The summed E-state index contributed by atoms with van der Waals surface area (Å²) in [7, 11) is 1.61. The number of benzene rings is 2. The summed E-state index contributed by atoms with van der Waals surface area (Å²) >= 11 is 0. The van der Waals surface area contributed by atoms with Gasteiger partial charge in [-0.25, -0.2) is 0 Å². The third-order valence-electron chi connectivity index (χ3n) is 5.09. The van der Waals surface area contributed by atoms with Gasteiger partial charge in [-0.15, -0.1) is 10.2 Å². The van der Waals surface area contributed by atoms with Crippen LogP contribution in [0, 0.1) is 0 Å². The number of alkyl halides is 3. The fraction of sp³-hybridized carbons (Fsp3) is 0.333. The Morgan fingerprint density at radius 2 is 1.79 bits per heavy atom. The number of likely N-dealkylation sites (tertiary alicyclic amines) is 1. The number of ether oxygens (including phenoxy) is 1. The fourth-order valence-corrected chi connectivity index (χ4v) is 3.48. The van der Waals surface area contributed by atoms with Crippen molar-refractivity contribution < 1.29 is 22.3 Å². The van der Waals surface area contributed by atoms with Crippen LogP contribution in [0.4, 0.5) is 13.2 Å². The molecule has 5 nitrogen and oxygen atoms in total. The summed E-state index contributed by atoms with van der Waals surface area (Å²) in [6, 6.07) is 12.7. The van der Waals surface area contributed by atoms with Gasteiger partial charge in [0.2, 0.25) is 11.8 Å². The molecule has 0 aliphatic carbocycles. The van der Waals surface area contributed by atoms with Gasteiger partial charge in [-0.1, -0.05) is 12.1 Å². The van der Waals surface area contributed by atoms with Gasteiger partial charge in [0.1, 0.15) is 5.75 Å². The van der Waals surface area contributed by atoms with E-state index < -0.39 is 11.7 Å². The van der Waals surface area contributed by atoms with E-state index in [2.05, 4.69) is 15.1 Å². The first kappa shape index (κ1) is 19.4. The molecule has 152 valence electrons. The Morgan fingerprint density at radius 1 is 1.07 bits per heavy atom. The molecule has 0 spiro atoms. The van der Waals surface area contributed by atoms with Crippen molar-refractivity contribution in [1.29, 1.82) is 0 Å². The molecule has 2 aromatic carbocycles. The summed E-state index contributed by atoms with van der Waals surface area (Å²) < 4.78 is 49.1. The molecule has 1 aromatic heterocycles. The molecule has 1 aliphatic rings. The van der Waals surface area contributed by atoms with Crippen LogP contribution in [0.5, 0.6) is 5.75 Å². The number of rotatable bonds is 5. The van der Waals surface area contributed by atoms with Crippen molar-refractivity contribution in [2.24, 2.45) is 0 Å². The van der Waals surface area contributed by atoms with Gasteiger partial charge >= 0.3 is 6.18 Å². The van der Waals surface area contributed by atoms with E-state index in [1.807, 2.05) is 24.3 Å². The average Bonchev–Trinajstić information content (AvgIpc) is 3.37. The minimum atomic E-state index is -4.31. The summed E-state index contributed by atoms with van der Waals surface area (Å²) in [5, 5.41) is 8.34. The van der Waals surface area contributed by atoms with Crippen molar-refractivity contribution in [3.8, 4) is 17.2 Å². The number of halogens is 3. The molecule has 0 radical (unpaired) electrons. The van der Waals surface area contributed by atoms with Gasteiger partial charge in [0.25, 0.3) is 0 Å². The molecule has 1 unspecified atom stereocenters. The first-order valence-electron chi connectivity index (χ1n) is 9.28. The summed E-state index contributed by atoms with van der Waals surface area (Å²) in [5.74, 6) is 1.92. The second kappa shape index (κ2) is 7.87. The van der Waals surface area contributed by atoms with E-state index >= 15 is 0 Å². The Morgan fingerprint density at radius 3 is 2.45 bits per heavy atom. The van der Waals surface area contributed by atoms with Gasteiger partial charge in [-0.3, -0.25) is 4.90 Å². The fourth-order valence-electron chi connectivity index (χ4n) is 3.48. The molecular weight excluding hydrogens is 383 g/mol. The smallest absolute Gasteiger partial charge is 0.416 e. The molecule has 0 amide bonds. The number of methoxy groups -OCH3 is 1. The lowest BCUT2D eigenvalue weighted by atomic mass is 10.1. The van der Waals surface area contributed by atoms with Crippen molar-refractivity contribution >= 4 is 0 Å². The molecule has 3 aromatic rings. The Hall–Kier alpha value is -2.87. The minimum Gasteiger partial charge on any atom is -0.497 e. The lowest BCUT2D eigenvalue weighted by Crippen LogP contribution is -2.20. The molecule has 0 N–H and O–H groups in total. The molecule has 1 saturated heterocycles. The van der Waals surface area contributed by atoms with Crippen molar-refractivity contribution in [2.75, 3.05) is 20.2 Å². The molecule has 8 heteroatoms. The topological polar surface area (TPSA) is 51.4 Å². The maximum Gasteiger partial charge on any atom is 0.416 e. The van der Waals surface area contributed by atoms with E-state index in [-0.39, 0.29) is 5.92 Å². The predicted molar refractivity (Wildman–Crippen MR) is 100 cm³/mol. The first-order valence-corrected chi connectivity index (χ1v) is 9.28. The van der Waals surface area contributed by atoms with Crippen LogP contribution in [0.1, 0.15) is 29.4 Å². The molecule has 1 aliphatic heterocycles. The highest BCUT2D eigenvalue weighted by Crippen LogP contribution is 2.31. The van der Waals surface area contributed by atoms with Gasteiger partial charge in [-0.2, -0.15) is 13.2 Å². The van der Waals surface area contributed by atoms with Gasteiger partial charge in [0.15, 0.2) is 0 Å². The second-order valence-electron chi connectivity index (χ2n) is 7.09. The Kier molecular flexibility index (Phi) is 5.27. The summed E-state index contributed by atoms with van der Waals surface area (Å²) in [4.78, 5) is 2.19. The third-order valence-corrected chi connectivity index (χ3v) is 5.09. The zero-order valence-corrected chi connectivity index (χ0v) is 15.8. The molecular formula is C21H20F3N3O2. The molecule has 1 fully saturated rings. The SMILES string of the molecule is COc1ccc(-c2nnc(C3CCN(Cc4ccc(C(F)(F)F)cc4)C3)o2)cc1. The van der Waals surface area contributed by atoms with Crippen LogP contribution < -0.4 is 4.74 Å². The molecule has 0 saturated carbocycles. The zero-order valence-electron chi connectivity index (χ0n) is 15.8. The summed E-state index contributed by atoms with van der Waals surface area (Å²) in [6.45, 7) is 2.14. The van der Waals surface area contributed by atoms with Crippen LogP contribution in [0.15, 0.2) is 52.9 Å². The van der Waals surface area contributed by atoms with Crippen molar-refractivity contribution in [1.82, 2.24) is 15.1 Å². The summed E-state index contributed by atoms with van der Waals surface area (Å²) in [5.41, 5.74) is 1.05. The molecule has 1 atom stereocenters. The minimum absolute atomic E-state index is 0.115. The lowest BCUT2D eigenvalue weighted by Gasteiger charge is -2.16. The number of nitrogens with zero attached hydrogens (tertiary/aromatic N) is 3. The zero-order chi connectivity index (χ0) is 20.4. The van der Waals surface area contributed by atoms with Crippen LogP contribution in [-0.2, 0) is 12.7 Å². The van der Waals surface area contributed by atoms with E-state index in [1.165, 1.54) is 12.1 Å². The maximum absolute atomic E-state index is 12.7. The average molecular weight is 403 g/mol. The maximum atomic E-state index is 12.7. The van der Waals surface area contributed by atoms with Gasteiger partial charge in [0, 0.05) is 18.7 Å². The first-order chi connectivity index (χ1) is 13.9. The number of hydrogen-bond acceptors (Lipinski definition) is 5. The third kappa shape index (κ3) is 4.42. The monoisotopic (exact) mass is 403 g/mol. The standard InChI is InChI=1S/C21H20F3N3O2/c1-28-18-8-4-15(5-9-18)19-25-26-20(29-19)16-10-11-27(13-16)12-14-2-6-17(7-3-14)21(22,23)24/h2-9,16H,10-13H2,1H3. The van der Waals surface area contributed by atoms with E-state index in [0.29, 0.717) is 18.3 Å². The highest BCUT2D eigenvalue weighted by molar-refractivity contribution is 5.54. The number of hydrogen-bond donors (Lipinski definition) is 0. The lowest BCUT2D eigenvalue weighted by molar-refractivity contribution is -0.137. The van der Waals surface area contributed by atoms with Crippen LogP contribution in [0.25, 0.3) is 11.5 Å². The highest BCUT2D eigenvalue weighted by Gasteiger charge is 2.31. The van der Waals surface area contributed by atoms with E-state index in [0.717, 1.165) is 48.5 Å². The van der Waals surface area contributed by atoms with E-state index in [1.54, 1.807) is 7.11 Å². The quantitative estimate of drug-likeness (QED) is 0.615. The number of aromatic nitrogens is 2. The molecule has 0 bridgehead atoms. The van der Waals surface area contributed by atoms with Crippen molar-refractivity contribution in [2.45, 2.75) is 25.1 Å². The van der Waals surface area contributed by atoms with E-state index in [4.69, 9.17) is 9.15 Å². The van der Waals surface area contributed by atoms with Crippen LogP contribution in [0.3, 0.4) is 0 Å². The molecule has 4 rings (SSSR count). The predicted octanol–water partition coefficient (Wildman–Crippen LogP) is 4.75. The van der Waals surface area contributed by atoms with Gasteiger partial charge < -0.3 is 9.15 Å². The second-order valence-corrected chi connectivity index (χ2v) is 7.09. The van der Waals surface area contributed by atoms with Gasteiger partial charge in [-0.05, 0) is 54.9 Å². The van der Waals surface area contributed by atoms with Crippen LogP contribution in [-0.4, -0.2) is 35.3 Å². The largest absolute Gasteiger partial charge is 0.497 e. The Labute approximate surface area is 166 Å². The van der Waals surface area contributed by atoms with Gasteiger partial charge in [0.05, 0.1) is 18.6 Å². The summed E-state index contributed by atoms with van der Waals surface area (Å²) in [6.07, 6.45) is -3.44. The van der Waals surface area contributed by atoms with Crippen molar-refractivity contribution in [3.63, 3.8) is 0 Å². The van der Waals surface area contributed by atoms with Crippen LogP contribution in [0.2, 0.25) is 0 Å².